The zero-order valence-electron chi connectivity index (χ0n) is 12.7. The van der Waals surface area contributed by atoms with Crippen LogP contribution >= 0.6 is 0 Å². The van der Waals surface area contributed by atoms with Crippen molar-refractivity contribution >= 4 is 16.6 Å². The molecular formula is C20H20N2. The van der Waals surface area contributed by atoms with Crippen LogP contribution in [0.15, 0.2) is 60.8 Å². The maximum absolute atomic E-state index is 4.83. The van der Waals surface area contributed by atoms with Crippen molar-refractivity contribution in [2.24, 2.45) is 0 Å². The van der Waals surface area contributed by atoms with Crippen LogP contribution in [0.4, 0.5) is 5.82 Å². The van der Waals surface area contributed by atoms with Crippen LogP contribution in [0.2, 0.25) is 0 Å². The number of fused-ring (bicyclic) bond motifs is 1. The third-order valence-corrected chi connectivity index (χ3v) is 4.51. The first-order chi connectivity index (χ1) is 10.9. The monoisotopic (exact) mass is 288 g/mol. The molecule has 22 heavy (non-hydrogen) atoms. The van der Waals surface area contributed by atoms with Gasteiger partial charge in [0.1, 0.15) is 5.82 Å². The number of pyridine rings is 1. The van der Waals surface area contributed by atoms with E-state index in [1.165, 1.54) is 41.2 Å². The summed E-state index contributed by atoms with van der Waals surface area (Å²) in [6.45, 7) is 2.25. The topological polar surface area (TPSA) is 16.1 Å². The van der Waals surface area contributed by atoms with Gasteiger partial charge >= 0.3 is 0 Å². The Hall–Kier alpha value is -2.35. The lowest BCUT2D eigenvalue weighted by molar-refractivity contribution is 0.575. The van der Waals surface area contributed by atoms with Crippen molar-refractivity contribution in [1.29, 1.82) is 0 Å². The number of aromatic nitrogens is 1. The molecule has 0 N–H and O–H groups in total. The number of piperidine rings is 1. The molecule has 3 aromatic rings. The number of nitrogens with zero attached hydrogens (tertiary/aromatic N) is 2. The van der Waals surface area contributed by atoms with Gasteiger partial charge in [-0.3, -0.25) is 0 Å². The highest BCUT2D eigenvalue weighted by molar-refractivity contribution is 6.01. The predicted octanol–water partition coefficient (Wildman–Crippen LogP) is 4.89. The maximum Gasteiger partial charge on any atom is 0.136 e. The van der Waals surface area contributed by atoms with Crippen LogP contribution < -0.4 is 4.90 Å². The van der Waals surface area contributed by atoms with E-state index in [2.05, 4.69) is 59.5 Å². The van der Waals surface area contributed by atoms with Crippen molar-refractivity contribution < 1.29 is 0 Å². The maximum atomic E-state index is 4.83. The van der Waals surface area contributed by atoms with Gasteiger partial charge in [-0.15, -0.1) is 0 Å². The van der Waals surface area contributed by atoms with Crippen molar-refractivity contribution in [3.05, 3.63) is 60.8 Å². The normalized spacial score (nSPS) is 15.2. The highest BCUT2D eigenvalue weighted by Crippen LogP contribution is 2.33. The summed E-state index contributed by atoms with van der Waals surface area (Å²) >= 11 is 0. The van der Waals surface area contributed by atoms with E-state index in [4.69, 9.17) is 4.98 Å². The average molecular weight is 288 g/mol. The highest BCUT2D eigenvalue weighted by atomic mass is 15.2. The van der Waals surface area contributed by atoms with Gasteiger partial charge in [-0.2, -0.15) is 0 Å². The predicted molar refractivity (Wildman–Crippen MR) is 93.2 cm³/mol. The lowest BCUT2D eigenvalue weighted by Gasteiger charge is -2.29. The van der Waals surface area contributed by atoms with Gasteiger partial charge in [-0.25, -0.2) is 4.98 Å². The van der Waals surface area contributed by atoms with Crippen LogP contribution in [0.5, 0.6) is 0 Å². The fourth-order valence-electron chi connectivity index (χ4n) is 3.38. The van der Waals surface area contributed by atoms with Crippen LogP contribution in [-0.2, 0) is 0 Å². The molecule has 2 aromatic carbocycles. The van der Waals surface area contributed by atoms with Crippen LogP contribution in [0, 0.1) is 0 Å². The minimum Gasteiger partial charge on any atom is -0.356 e. The number of hydrogen-bond acceptors (Lipinski definition) is 2. The Bertz CT molecular complexity index is 774. The van der Waals surface area contributed by atoms with Gasteiger partial charge in [0.15, 0.2) is 0 Å². The van der Waals surface area contributed by atoms with E-state index in [0.29, 0.717) is 0 Å². The molecule has 0 bridgehead atoms. The Morgan fingerprint density at radius 2 is 1.41 bits per heavy atom. The summed E-state index contributed by atoms with van der Waals surface area (Å²) in [6.07, 6.45) is 5.94. The Labute approximate surface area is 131 Å². The fraction of sp³-hybridized carbons (Fsp3) is 0.250. The van der Waals surface area contributed by atoms with E-state index in [0.717, 1.165) is 18.9 Å². The van der Waals surface area contributed by atoms with E-state index in [9.17, 15) is 0 Å². The van der Waals surface area contributed by atoms with Crippen LogP contribution in [-0.4, -0.2) is 18.1 Å². The molecule has 0 unspecified atom stereocenters. The molecule has 1 aromatic heterocycles. The number of anilines is 1. The van der Waals surface area contributed by atoms with E-state index in [1.807, 2.05) is 6.20 Å². The van der Waals surface area contributed by atoms with E-state index < -0.39 is 0 Å². The summed E-state index contributed by atoms with van der Waals surface area (Å²) in [5.41, 5.74) is 2.45. The number of hydrogen-bond donors (Lipinski definition) is 0. The molecule has 2 heterocycles. The van der Waals surface area contributed by atoms with Crippen LogP contribution in [0.3, 0.4) is 0 Å². The molecule has 0 spiro atoms. The largest absolute Gasteiger partial charge is 0.356 e. The second-order valence-electron chi connectivity index (χ2n) is 5.95. The molecule has 0 atom stereocenters. The van der Waals surface area contributed by atoms with Gasteiger partial charge in [0.25, 0.3) is 0 Å². The van der Waals surface area contributed by atoms with Crippen LogP contribution in [0.25, 0.3) is 21.9 Å². The van der Waals surface area contributed by atoms with Crippen molar-refractivity contribution in [1.82, 2.24) is 4.98 Å². The van der Waals surface area contributed by atoms with Gasteiger partial charge in [-0.1, -0.05) is 54.6 Å². The zero-order valence-corrected chi connectivity index (χ0v) is 12.7. The average Bonchev–Trinajstić information content (AvgIpc) is 2.62. The van der Waals surface area contributed by atoms with Gasteiger partial charge in [0.2, 0.25) is 0 Å². The first-order valence-electron chi connectivity index (χ1n) is 8.11. The standard InChI is InChI=1S/C20H20N2/c1-3-9-16(10-4-1)19-15-21-20(22-13-7-2-8-14-22)18-12-6-5-11-17(18)19/h1,3-6,9-12,15H,2,7-8,13-14H2. The summed E-state index contributed by atoms with van der Waals surface area (Å²) in [7, 11) is 0. The quantitative estimate of drug-likeness (QED) is 0.667. The molecule has 2 nitrogen and oxygen atoms in total. The summed E-state index contributed by atoms with van der Waals surface area (Å²) in [5, 5.41) is 2.56. The number of rotatable bonds is 2. The summed E-state index contributed by atoms with van der Waals surface area (Å²) < 4.78 is 0. The fourth-order valence-corrected chi connectivity index (χ4v) is 3.38. The molecule has 0 radical (unpaired) electrons. The van der Waals surface area contributed by atoms with Gasteiger partial charge < -0.3 is 4.90 Å². The molecule has 1 saturated heterocycles. The van der Waals surface area contributed by atoms with E-state index >= 15 is 0 Å². The first kappa shape index (κ1) is 13.3. The SMILES string of the molecule is c1ccc(-c2cnc(N3CCCCC3)c3ccccc23)cc1. The molecule has 0 aliphatic carbocycles. The van der Waals surface area contributed by atoms with Crippen molar-refractivity contribution in [3.63, 3.8) is 0 Å². The Morgan fingerprint density at radius 3 is 2.18 bits per heavy atom. The Balaban J connectivity index is 1.88. The minimum absolute atomic E-state index is 1.13. The zero-order chi connectivity index (χ0) is 14.8. The third-order valence-electron chi connectivity index (χ3n) is 4.51. The van der Waals surface area contributed by atoms with Crippen molar-refractivity contribution in [2.75, 3.05) is 18.0 Å². The Morgan fingerprint density at radius 1 is 0.727 bits per heavy atom. The molecule has 1 aliphatic rings. The van der Waals surface area contributed by atoms with Crippen molar-refractivity contribution in [2.45, 2.75) is 19.3 Å². The Kier molecular flexibility index (Phi) is 3.51. The summed E-state index contributed by atoms with van der Waals surface area (Å²) in [5.74, 6) is 1.15. The van der Waals surface area contributed by atoms with Crippen LogP contribution in [0.1, 0.15) is 19.3 Å². The number of benzene rings is 2. The first-order valence-corrected chi connectivity index (χ1v) is 8.11. The summed E-state index contributed by atoms with van der Waals surface area (Å²) in [4.78, 5) is 7.28. The van der Waals surface area contributed by atoms with E-state index in [1.54, 1.807) is 0 Å². The molecular weight excluding hydrogens is 268 g/mol. The molecule has 4 rings (SSSR count). The smallest absolute Gasteiger partial charge is 0.136 e. The second-order valence-corrected chi connectivity index (χ2v) is 5.95. The minimum atomic E-state index is 1.13. The molecule has 0 saturated carbocycles. The highest BCUT2D eigenvalue weighted by Gasteiger charge is 2.16. The molecule has 110 valence electrons. The molecule has 1 aliphatic heterocycles. The second kappa shape index (κ2) is 5.80. The lowest BCUT2D eigenvalue weighted by atomic mass is 10.00. The lowest BCUT2D eigenvalue weighted by Crippen LogP contribution is -2.30. The summed E-state index contributed by atoms with van der Waals surface area (Å²) in [6, 6.07) is 19.2. The van der Waals surface area contributed by atoms with Gasteiger partial charge in [0, 0.05) is 30.2 Å². The van der Waals surface area contributed by atoms with Crippen molar-refractivity contribution in [3.8, 4) is 11.1 Å². The molecule has 1 fully saturated rings. The third kappa shape index (κ3) is 2.35. The van der Waals surface area contributed by atoms with E-state index in [-0.39, 0.29) is 0 Å². The molecule has 0 amide bonds. The molecule has 2 heteroatoms. The van der Waals surface area contributed by atoms with Gasteiger partial charge in [0.05, 0.1) is 0 Å². The van der Waals surface area contributed by atoms with Gasteiger partial charge in [-0.05, 0) is 30.2 Å².